The zero-order valence-corrected chi connectivity index (χ0v) is 10.2. The Morgan fingerprint density at radius 2 is 2.18 bits per heavy atom. The Morgan fingerprint density at radius 1 is 1.35 bits per heavy atom. The van der Waals surface area contributed by atoms with Gasteiger partial charge in [-0.25, -0.2) is 4.63 Å². The van der Waals surface area contributed by atoms with Gasteiger partial charge in [0.05, 0.1) is 11.8 Å². The van der Waals surface area contributed by atoms with Gasteiger partial charge in [0.25, 0.3) is 0 Å². The lowest BCUT2D eigenvalue weighted by atomic mass is 10.2. The summed E-state index contributed by atoms with van der Waals surface area (Å²) in [7, 11) is 0. The van der Waals surface area contributed by atoms with Crippen molar-refractivity contribution in [1.82, 2.24) is 10.3 Å². The Bertz CT molecular complexity index is 542. The quantitative estimate of drug-likeness (QED) is 0.824. The van der Waals surface area contributed by atoms with Crippen molar-refractivity contribution in [3.05, 3.63) is 12.1 Å². The average molecular weight is 251 g/mol. The van der Waals surface area contributed by atoms with E-state index < -0.39 is 0 Å². The molecule has 17 heavy (non-hydrogen) atoms. The maximum Gasteiger partial charge on any atom is 0.159 e. The molecule has 90 valence electrons. The Morgan fingerprint density at radius 3 is 2.94 bits per heavy atom. The molecule has 1 saturated heterocycles. The largest absolute Gasteiger partial charge is 0.397 e. The van der Waals surface area contributed by atoms with E-state index in [1.54, 1.807) is 11.8 Å². The molecule has 1 aliphatic rings. The maximum absolute atomic E-state index is 5.81. The lowest BCUT2D eigenvalue weighted by Gasteiger charge is -2.13. The summed E-state index contributed by atoms with van der Waals surface area (Å²) in [6, 6.07) is 3.81. The van der Waals surface area contributed by atoms with E-state index in [-0.39, 0.29) is 6.10 Å². The summed E-state index contributed by atoms with van der Waals surface area (Å²) in [5, 5.41) is 8.19. The third-order valence-electron chi connectivity index (χ3n) is 2.99. The summed E-state index contributed by atoms with van der Waals surface area (Å²) in [4.78, 5) is 1.05. The molecule has 1 fully saturated rings. The van der Waals surface area contributed by atoms with Gasteiger partial charge in [0, 0.05) is 16.8 Å². The van der Waals surface area contributed by atoms with E-state index in [1.807, 2.05) is 12.1 Å². The summed E-state index contributed by atoms with van der Waals surface area (Å²) in [6.45, 7) is 2.92. The van der Waals surface area contributed by atoms with Gasteiger partial charge >= 0.3 is 0 Å². The molecule has 5 nitrogen and oxygen atoms in total. The molecule has 0 bridgehead atoms. The lowest BCUT2D eigenvalue weighted by molar-refractivity contribution is 0.127. The minimum atomic E-state index is 0.271. The molecular weight excluding hydrogens is 238 g/mol. The first kappa shape index (κ1) is 10.9. The van der Waals surface area contributed by atoms with Gasteiger partial charge in [-0.2, -0.15) is 0 Å². The zero-order chi connectivity index (χ0) is 11.8. The molecule has 0 aliphatic carbocycles. The summed E-state index contributed by atoms with van der Waals surface area (Å²) < 4.78 is 10.3. The van der Waals surface area contributed by atoms with Crippen molar-refractivity contribution in [2.75, 3.05) is 12.3 Å². The second-order valence-electron chi connectivity index (χ2n) is 4.14. The smallest absolute Gasteiger partial charge is 0.159 e. The van der Waals surface area contributed by atoms with Gasteiger partial charge in [-0.05, 0) is 35.8 Å². The Kier molecular flexibility index (Phi) is 2.68. The molecule has 2 atom stereocenters. The van der Waals surface area contributed by atoms with Crippen molar-refractivity contribution in [1.29, 1.82) is 0 Å². The van der Waals surface area contributed by atoms with Gasteiger partial charge in [0.2, 0.25) is 0 Å². The van der Waals surface area contributed by atoms with E-state index in [4.69, 9.17) is 15.1 Å². The van der Waals surface area contributed by atoms with Crippen LogP contribution in [0.1, 0.15) is 13.3 Å². The highest BCUT2D eigenvalue weighted by Crippen LogP contribution is 2.36. The van der Waals surface area contributed by atoms with E-state index in [0.29, 0.717) is 16.5 Å². The van der Waals surface area contributed by atoms with Crippen LogP contribution < -0.4 is 5.73 Å². The second kappa shape index (κ2) is 4.19. The lowest BCUT2D eigenvalue weighted by Crippen LogP contribution is -2.13. The zero-order valence-electron chi connectivity index (χ0n) is 9.42. The minimum Gasteiger partial charge on any atom is -0.397 e. The highest BCUT2D eigenvalue weighted by atomic mass is 32.2. The predicted molar refractivity (Wildman–Crippen MR) is 65.9 cm³/mol. The highest BCUT2D eigenvalue weighted by Gasteiger charge is 2.26. The van der Waals surface area contributed by atoms with Crippen LogP contribution in [0.2, 0.25) is 0 Å². The SMILES string of the molecule is CC1OCCC1Sc1ccc(N)c2nonc12. The van der Waals surface area contributed by atoms with Gasteiger partial charge in [-0.1, -0.05) is 0 Å². The molecule has 6 heteroatoms. The van der Waals surface area contributed by atoms with Crippen LogP contribution in [0.5, 0.6) is 0 Å². The summed E-state index contributed by atoms with van der Waals surface area (Å²) in [5.74, 6) is 0. The number of thioether (sulfide) groups is 1. The van der Waals surface area contributed by atoms with Gasteiger partial charge < -0.3 is 10.5 Å². The average Bonchev–Trinajstić information content (AvgIpc) is 2.93. The van der Waals surface area contributed by atoms with E-state index in [9.17, 15) is 0 Å². The van der Waals surface area contributed by atoms with Crippen molar-refractivity contribution in [2.24, 2.45) is 0 Å². The van der Waals surface area contributed by atoms with Crippen molar-refractivity contribution < 1.29 is 9.37 Å². The van der Waals surface area contributed by atoms with E-state index in [0.717, 1.165) is 23.4 Å². The fourth-order valence-electron chi connectivity index (χ4n) is 1.99. The van der Waals surface area contributed by atoms with E-state index in [1.165, 1.54) is 0 Å². The molecule has 2 aromatic rings. The number of nitrogen functional groups attached to an aromatic ring is 1. The Balaban J connectivity index is 1.95. The van der Waals surface area contributed by atoms with Crippen LogP contribution in [-0.2, 0) is 4.74 Å². The van der Waals surface area contributed by atoms with Crippen LogP contribution in [0.15, 0.2) is 21.7 Å². The maximum atomic E-state index is 5.81. The van der Waals surface area contributed by atoms with Gasteiger partial charge in [-0.15, -0.1) is 11.8 Å². The van der Waals surface area contributed by atoms with Crippen LogP contribution in [0.3, 0.4) is 0 Å². The molecule has 2 unspecified atom stereocenters. The van der Waals surface area contributed by atoms with Crippen molar-refractivity contribution in [3.63, 3.8) is 0 Å². The number of hydrogen-bond acceptors (Lipinski definition) is 6. The summed E-state index contributed by atoms with van der Waals surface area (Å²) in [6.07, 6.45) is 1.33. The first-order valence-electron chi connectivity index (χ1n) is 5.54. The second-order valence-corrected chi connectivity index (χ2v) is 5.42. The molecule has 1 aromatic heterocycles. The number of fused-ring (bicyclic) bond motifs is 1. The third-order valence-corrected chi connectivity index (χ3v) is 4.50. The molecule has 2 N–H and O–H groups in total. The number of ether oxygens (including phenoxy) is 1. The predicted octanol–water partition coefficient (Wildman–Crippen LogP) is 2.07. The molecule has 0 spiro atoms. The van der Waals surface area contributed by atoms with Crippen LogP contribution in [0.4, 0.5) is 5.69 Å². The molecular formula is C11H13N3O2S. The van der Waals surface area contributed by atoms with Crippen molar-refractivity contribution in [2.45, 2.75) is 29.6 Å². The Labute approximate surface area is 103 Å². The molecule has 0 radical (unpaired) electrons. The fraction of sp³-hybridized carbons (Fsp3) is 0.455. The number of anilines is 1. The normalized spacial score (nSPS) is 24.5. The van der Waals surface area contributed by atoms with Crippen LogP contribution >= 0.6 is 11.8 Å². The van der Waals surface area contributed by atoms with Gasteiger partial charge in [-0.3, -0.25) is 0 Å². The number of nitrogens with zero attached hydrogens (tertiary/aromatic N) is 2. The molecule has 2 heterocycles. The molecule has 1 aliphatic heterocycles. The van der Waals surface area contributed by atoms with E-state index in [2.05, 4.69) is 17.2 Å². The molecule has 0 amide bonds. The molecule has 3 rings (SSSR count). The van der Waals surface area contributed by atoms with Crippen LogP contribution in [0.25, 0.3) is 11.0 Å². The first-order chi connectivity index (χ1) is 8.25. The number of rotatable bonds is 2. The van der Waals surface area contributed by atoms with Crippen molar-refractivity contribution >= 4 is 28.5 Å². The van der Waals surface area contributed by atoms with E-state index >= 15 is 0 Å². The third kappa shape index (κ3) is 1.87. The van der Waals surface area contributed by atoms with Gasteiger partial charge in [0.15, 0.2) is 11.0 Å². The number of benzene rings is 1. The number of nitrogens with two attached hydrogens (primary N) is 1. The summed E-state index contributed by atoms with van der Waals surface area (Å²) >= 11 is 1.76. The Hall–Kier alpha value is -1.27. The topological polar surface area (TPSA) is 74.2 Å². The standard InChI is InChI=1S/C11H13N3O2S/c1-6-8(4-5-15-6)17-9-3-2-7(12)10-11(9)14-16-13-10/h2-3,6,8H,4-5,12H2,1H3. The van der Waals surface area contributed by atoms with Crippen LogP contribution in [-0.4, -0.2) is 28.3 Å². The molecule has 1 aromatic carbocycles. The fourth-order valence-corrected chi connectivity index (χ4v) is 3.19. The first-order valence-corrected chi connectivity index (χ1v) is 6.42. The highest BCUT2D eigenvalue weighted by molar-refractivity contribution is 8.00. The number of aromatic nitrogens is 2. The minimum absolute atomic E-state index is 0.271. The monoisotopic (exact) mass is 251 g/mol. The summed E-state index contributed by atoms with van der Waals surface area (Å²) in [5.41, 5.74) is 7.79. The number of hydrogen-bond donors (Lipinski definition) is 1. The van der Waals surface area contributed by atoms with Crippen LogP contribution in [0, 0.1) is 0 Å². The molecule has 0 saturated carbocycles. The van der Waals surface area contributed by atoms with Gasteiger partial charge in [0.1, 0.15) is 0 Å². The van der Waals surface area contributed by atoms with Crippen molar-refractivity contribution in [3.8, 4) is 0 Å².